The molecule has 0 bridgehead atoms. The van der Waals surface area contributed by atoms with Crippen molar-refractivity contribution in [2.75, 3.05) is 0 Å². The van der Waals surface area contributed by atoms with Crippen LogP contribution in [0.3, 0.4) is 0 Å². The molecule has 0 saturated carbocycles. The molecule has 0 spiro atoms. The minimum absolute atomic E-state index is 0.159. The second-order valence-corrected chi connectivity index (χ2v) is 5.19. The molecule has 4 nitrogen and oxygen atoms in total. The number of halogens is 1. The van der Waals surface area contributed by atoms with Gasteiger partial charge in [-0.1, -0.05) is 6.07 Å². The molecule has 1 aromatic rings. The van der Waals surface area contributed by atoms with E-state index < -0.39 is 11.4 Å². The molecule has 2 rings (SSSR count). The van der Waals surface area contributed by atoms with Crippen molar-refractivity contribution in [1.29, 1.82) is 5.41 Å². The summed E-state index contributed by atoms with van der Waals surface area (Å²) >= 11 is 0. The summed E-state index contributed by atoms with van der Waals surface area (Å²) in [5.74, 6) is -0.515. The van der Waals surface area contributed by atoms with Crippen LogP contribution in [0.15, 0.2) is 18.2 Å². The average Bonchev–Trinajstić information content (AvgIpc) is 2.55. The highest BCUT2D eigenvalue weighted by Gasteiger charge is 2.36. The monoisotopic (exact) mass is 249 g/mol. The Morgan fingerprint density at radius 2 is 2.22 bits per heavy atom. The van der Waals surface area contributed by atoms with Gasteiger partial charge in [-0.25, -0.2) is 4.39 Å². The number of primary amides is 1. The van der Waals surface area contributed by atoms with E-state index in [1.54, 1.807) is 11.0 Å². The third-order valence-corrected chi connectivity index (χ3v) is 3.26. The van der Waals surface area contributed by atoms with Gasteiger partial charge in [-0.05, 0) is 31.5 Å². The molecule has 1 aliphatic heterocycles. The Bertz CT molecular complexity index is 525. The number of amides is 1. The van der Waals surface area contributed by atoms with E-state index in [1.807, 2.05) is 13.8 Å². The third-order valence-electron chi connectivity index (χ3n) is 3.26. The lowest BCUT2D eigenvalue weighted by Crippen LogP contribution is -2.46. The Balaban J connectivity index is 2.31. The van der Waals surface area contributed by atoms with Crippen LogP contribution in [0.5, 0.6) is 0 Å². The van der Waals surface area contributed by atoms with Crippen LogP contribution in [0.4, 0.5) is 4.39 Å². The molecule has 0 aliphatic carbocycles. The largest absolute Gasteiger partial charge is 0.370 e. The Morgan fingerprint density at radius 3 is 2.83 bits per heavy atom. The molecule has 0 radical (unpaired) electrons. The number of nitrogens with one attached hydrogen (secondary N) is 1. The van der Waals surface area contributed by atoms with Crippen LogP contribution in [-0.4, -0.2) is 22.2 Å². The van der Waals surface area contributed by atoms with Gasteiger partial charge in [0.1, 0.15) is 11.7 Å². The number of benzene rings is 1. The Kier molecular flexibility index (Phi) is 2.84. The van der Waals surface area contributed by atoms with E-state index in [9.17, 15) is 9.18 Å². The number of nitrogens with zero attached hydrogens (tertiary/aromatic N) is 1. The number of carbonyl (C=O) groups excluding carboxylic acids is 1. The molecule has 1 heterocycles. The molecule has 1 aliphatic rings. The van der Waals surface area contributed by atoms with Crippen molar-refractivity contribution in [2.45, 2.75) is 32.4 Å². The number of hydrogen-bond donors (Lipinski definition) is 2. The fourth-order valence-electron chi connectivity index (χ4n) is 2.34. The van der Waals surface area contributed by atoms with Gasteiger partial charge in [-0.3, -0.25) is 10.2 Å². The molecule has 0 atom stereocenters. The Hall–Kier alpha value is -1.91. The molecule has 0 aromatic heterocycles. The first kappa shape index (κ1) is 12.5. The zero-order valence-electron chi connectivity index (χ0n) is 10.5. The molecular formula is C13H16FN3O. The fraction of sp³-hybridized carbons (Fsp3) is 0.385. The van der Waals surface area contributed by atoms with Crippen molar-refractivity contribution in [3.63, 3.8) is 0 Å². The topological polar surface area (TPSA) is 70.2 Å². The van der Waals surface area contributed by atoms with Crippen molar-refractivity contribution in [3.05, 3.63) is 35.1 Å². The van der Waals surface area contributed by atoms with E-state index in [2.05, 4.69) is 0 Å². The van der Waals surface area contributed by atoms with Crippen molar-refractivity contribution < 1.29 is 9.18 Å². The van der Waals surface area contributed by atoms with E-state index in [0.29, 0.717) is 12.1 Å². The minimum Gasteiger partial charge on any atom is -0.370 e. The molecule has 3 N–H and O–H groups in total. The Morgan fingerprint density at radius 1 is 1.56 bits per heavy atom. The normalized spacial score (nSPS) is 14.8. The fourth-order valence-corrected chi connectivity index (χ4v) is 2.34. The van der Waals surface area contributed by atoms with Crippen LogP contribution in [0.25, 0.3) is 0 Å². The lowest BCUT2D eigenvalue weighted by molar-refractivity contribution is -0.119. The molecule has 1 amide bonds. The summed E-state index contributed by atoms with van der Waals surface area (Å²) in [5.41, 5.74) is 6.17. The standard InChI is InChI=1S/C13H16FN3O/c1-13(2,6-11(15)18)17-7-8-3-4-9(14)5-10(8)12(17)16/h3-5,16H,6-7H2,1-2H3,(H2,15,18). The number of rotatable bonds is 3. The number of nitrogens with two attached hydrogens (primary N) is 1. The summed E-state index contributed by atoms with van der Waals surface area (Å²) in [6.45, 7) is 4.22. The van der Waals surface area contributed by atoms with Crippen LogP contribution < -0.4 is 5.73 Å². The van der Waals surface area contributed by atoms with E-state index in [1.165, 1.54) is 12.1 Å². The summed E-state index contributed by atoms with van der Waals surface area (Å²) in [7, 11) is 0. The molecule has 0 fully saturated rings. The van der Waals surface area contributed by atoms with Gasteiger partial charge >= 0.3 is 0 Å². The zero-order chi connectivity index (χ0) is 13.5. The van der Waals surface area contributed by atoms with Gasteiger partial charge in [-0.15, -0.1) is 0 Å². The van der Waals surface area contributed by atoms with Crippen LogP contribution in [0.1, 0.15) is 31.4 Å². The summed E-state index contributed by atoms with van der Waals surface area (Å²) in [5, 5.41) is 8.09. The third kappa shape index (κ3) is 2.08. The zero-order valence-corrected chi connectivity index (χ0v) is 10.5. The maximum Gasteiger partial charge on any atom is 0.219 e. The SMILES string of the molecule is CC(C)(CC(N)=O)N1Cc2ccc(F)cc2C1=N. The maximum atomic E-state index is 13.2. The van der Waals surface area contributed by atoms with Gasteiger partial charge in [0.25, 0.3) is 0 Å². The molecule has 18 heavy (non-hydrogen) atoms. The quantitative estimate of drug-likeness (QED) is 0.854. The van der Waals surface area contributed by atoms with Gasteiger partial charge in [0.05, 0.1) is 0 Å². The van der Waals surface area contributed by atoms with Crippen LogP contribution >= 0.6 is 0 Å². The maximum absolute atomic E-state index is 13.2. The van der Waals surface area contributed by atoms with Crippen molar-refractivity contribution in [1.82, 2.24) is 4.90 Å². The van der Waals surface area contributed by atoms with Gasteiger partial charge in [0.15, 0.2) is 0 Å². The van der Waals surface area contributed by atoms with Crippen molar-refractivity contribution in [2.24, 2.45) is 5.73 Å². The number of fused-ring (bicyclic) bond motifs is 1. The highest BCUT2D eigenvalue weighted by Crippen LogP contribution is 2.31. The first-order valence-corrected chi connectivity index (χ1v) is 5.74. The number of carbonyl (C=O) groups is 1. The van der Waals surface area contributed by atoms with Crippen LogP contribution in [-0.2, 0) is 11.3 Å². The molecule has 5 heteroatoms. The molecule has 1 aromatic carbocycles. The van der Waals surface area contributed by atoms with E-state index in [4.69, 9.17) is 11.1 Å². The van der Waals surface area contributed by atoms with Gasteiger partial charge < -0.3 is 10.6 Å². The van der Waals surface area contributed by atoms with Crippen LogP contribution in [0, 0.1) is 11.2 Å². The first-order chi connectivity index (χ1) is 8.31. The summed E-state index contributed by atoms with van der Waals surface area (Å²) in [6.07, 6.45) is 0.159. The molecule has 96 valence electrons. The lowest BCUT2D eigenvalue weighted by Gasteiger charge is -2.36. The highest BCUT2D eigenvalue weighted by atomic mass is 19.1. The minimum atomic E-state index is -0.543. The highest BCUT2D eigenvalue weighted by molar-refractivity contribution is 6.01. The van der Waals surface area contributed by atoms with Gasteiger partial charge in [-0.2, -0.15) is 0 Å². The van der Waals surface area contributed by atoms with Crippen LogP contribution in [0.2, 0.25) is 0 Å². The smallest absolute Gasteiger partial charge is 0.219 e. The number of amidine groups is 1. The van der Waals surface area contributed by atoms with E-state index >= 15 is 0 Å². The van der Waals surface area contributed by atoms with E-state index in [0.717, 1.165) is 5.56 Å². The van der Waals surface area contributed by atoms with Gasteiger partial charge in [0, 0.05) is 24.1 Å². The first-order valence-electron chi connectivity index (χ1n) is 5.74. The summed E-state index contributed by atoms with van der Waals surface area (Å²) in [4.78, 5) is 12.9. The Labute approximate surface area is 105 Å². The predicted octanol–water partition coefficient (Wildman–Crippen LogP) is 1.62. The van der Waals surface area contributed by atoms with Crippen molar-refractivity contribution >= 4 is 11.7 Å². The average molecular weight is 249 g/mol. The van der Waals surface area contributed by atoms with Gasteiger partial charge in [0.2, 0.25) is 5.91 Å². The predicted molar refractivity (Wildman–Crippen MR) is 66.7 cm³/mol. The second-order valence-electron chi connectivity index (χ2n) is 5.19. The second kappa shape index (κ2) is 4.08. The molecular weight excluding hydrogens is 233 g/mol. The lowest BCUT2D eigenvalue weighted by atomic mass is 9.98. The summed E-state index contributed by atoms with van der Waals surface area (Å²) in [6, 6.07) is 4.42. The number of hydrogen-bond acceptors (Lipinski definition) is 2. The summed E-state index contributed by atoms with van der Waals surface area (Å²) < 4.78 is 13.2. The van der Waals surface area contributed by atoms with Crippen molar-refractivity contribution in [3.8, 4) is 0 Å². The molecule has 0 unspecified atom stereocenters. The molecule has 0 saturated heterocycles. The van der Waals surface area contributed by atoms with E-state index in [-0.39, 0.29) is 18.1 Å².